The molecule has 7 heteroatoms. The molecule has 0 radical (unpaired) electrons. The molecule has 0 aliphatic heterocycles. The molecule has 0 saturated heterocycles. The number of carbonyl (C=O) groups is 1. The van der Waals surface area contributed by atoms with E-state index in [1.54, 1.807) is 12.4 Å². The number of nitrogens with zero attached hydrogens (tertiary/aromatic N) is 2. The van der Waals surface area contributed by atoms with Crippen LogP contribution >= 0.6 is 45.2 Å². The van der Waals surface area contributed by atoms with Crippen LogP contribution in [0.1, 0.15) is 11.1 Å². The van der Waals surface area contributed by atoms with E-state index in [0.29, 0.717) is 0 Å². The Hall–Kier alpha value is -1.49. The van der Waals surface area contributed by atoms with E-state index in [2.05, 4.69) is 66.2 Å². The summed E-state index contributed by atoms with van der Waals surface area (Å²) < 4.78 is 2.21. The second-order valence-electron chi connectivity index (χ2n) is 4.18. The highest BCUT2D eigenvalue weighted by molar-refractivity contribution is 14.1. The van der Waals surface area contributed by atoms with Gasteiger partial charge in [-0.05, 0) is 80.6 Å². The summed E-state index contributed by atoms with van der Waals surface area (Å²) >= 11 is 4.43. The third-order valence-corrected chi connectivity index (χ3v) is 3.80. The zero-order valence-electron chi connectivity index (χ0n) is 11.3. The molecular formula is C15H12I2N4O. The standard InChI is InChI=1S/C15H12I2N4O/c16-13-5-1-3-11(7-13)9-18-20-15(22)21-19-10-12-4-2-6-14(17)8-12/h1-10H,(H2,20,21,22)/b18-9+,19-10?. The van der Waals surface area contributed by atoms with Crippen molar-refractivity contribution in [3.63, 3.8) is 0 Å². The van der Waals surface area contributed by atoms with Crippen molar-refractivity contribution in [3.05, 3.63) is 66.8 Å². The fourth-order valence-electron chi connectivity index (χ4n) is 1.53. The van der Waals surface area contributed by atoms with Gasteiger partial charge in [0, 0.05) is 7.14 Å². The molecule has 0 spiro atoms. The van der Waals surface area contributed by atoms with Crippen molar-refractivity contribution in [1.82, 2.24) is 10.9 Å². The lowest BCUT2D eigenvalue weighted by Crippen LogP contribution is -2.28. The van der Waals surface area contributed by atoms with E-state index in [0.717, 1.165) is 18.3 Å². The summed E-state index contributed by atoms with van der Waals surface area (Å²) in [5, 5.41) is 7.71. The number of hydrogen-bond acceptors (Lipinski definition) is 3. The Balaban J connectivity index is 1.81. The predicted molar refractivity (Wildman–Crippen MR) is 105 cm³/mol. The molecule has 0 atom stereocenters. The maximum Gasteiger partial charge on any atom is 0.355 e. The van der Waals surface area contributed by atoms with Gasteiger partial charge in [0.1, 0.15) is 0 Å². The molecule has 0 aromatic heterocycles. The van der Waals surface area contributed by atoms with E-state index in [4.69, 9.17) is 0 Å². The average Bonchev–Trinajstić information content (AvgIpc) is 2.47. The lowest BCUT2D eigenvalue weighted by molar-refractivity contribution is 0.242. The zero-order valence-corrected chi connectivity index (χ0v) is 15.6. The number of amides is 2. The van der Waals surface area contributed by atoms with Gasteiger partial charge < -0.3 is 0 Å². The van der Waals surface area contributed by atoms with Crippen LogP contribution in [0.15, 0.2) is 58.7 Å². The number of carbonyl (C=O) groups excluding carboxylic acids is 1. The monoisotopic (exact) mass is 518 g/mol. The van der Waals surface area contributed by atoms with E-state index in [1.807, 2.05) is 48.5 Å². The van der Waals surface area contributed by atoms with Crippen LogP contribution in [0.2, 0.25) is 0 Å². The van der Waals surface area contributed by atoms with E-state index >= 15 is 0 Å². The molecule has 0 unspecified atom stereocenters. The van der Waals surface area contributed by atoms with Gasteiger partial charge in [-0.15, -0.1) is 0 Å². The Morgan fingerprint density at radius 3 is 1.73 bits per heavy atom. The highest BCUT2D eigenvalue weighted by atomic mass is 127. The minimum absolute atomic E-state index is 0.497. The normalized spacial score (nSPS) is 11.0. The maximum absolute atomic E-state index is 11.5. The van der Waals surface area contributed by atoms with E-state index in [1.165, 1.54) is 0 Å². The van der Waals surface area contributed by atoms with Crippen LogP contribution < -0.4 is 10.9 Å². The summed E-state index contributed by atoms with van der Waals surface area (Å²) in [6, 6.07) is 15.0. The van der Waals surface area contributed by atoms with E-state index in [-0.39, 0.29) is 0 Å². The number of nitrogens with one attached hydrogen (secondary N) is 2. The highest BCUT2D eigenvalue weighted by Gasteiger charge is 1.95. The second kappa shape index (κ2) is 8.83. The molecule has 0 heterocycles. The highest BCUT2D eigenvalue weighted by Crippen LogP contribution is 2.06. The molecule has 0 aliphatic carbocycles. The smallest absolute Gasteiger partial charge is 0.245 e. The largest absolute Gasteiger partial charge is 0.355 e. The molecule has 2 rings (SSSR count). The van der Waals surface area contributed by atoms with Gasteiger partial charge in [0.15, 0.2) is 0 Å². The summed E-state index contributed by atoms with van der Waals surface area (Å²) in [6.07, 6.45) is 3.15. The van der Waals surface area contributed by atoms with Crippen molar-refractivity contribution in [3.8, 4) is 0 Å². The molecule has 0 saturated carbocycles. The van der Waals surface area contributed by atoms with Gasteiger partial charge in [-0.2, -0.15) is 10.2 Å². The first kappa shape index (κ1) is 16.9. The van der Waals surface area contributed by atoms with Crippen molar-refractivity contribution in [2.75, 3.05) is 0 Å². The molecule has 2 aromatic rings. The zero-order chi connectivity index (χ0) is 15.8. The van der Waals surface area contributed by atoms with Gasteiger partial charge in [0.2, 0.25) is 0 Å². The van der Waals surface area contributed by atoms with Crippen LogP contribution in [0.25, 0.3) is 0 Å². The number of rotatable bonds is 4. The number of hydrazone groups is 2. The van der Waals surface area contributed by atoms with Crippen molar-refractivity contribution in [1.29, 1.82) is 0 Å². The third kappa shape index (κ3) is 6.10. The lowest BCUT2D eigenvalue weighted by Gasteiger charge is -1.98. The van der Waals surface area contributed by atoms with Crippen molar-refractivity contribution in [2.45, 2.75) is 0 Å². The summed E-state index contributed by atoms with van der Waals surface area (Å²) in [5.74, 6) is 0. The molecule has 0 aliphatic rings. The lowest BCUT2D eigenvalue weighted by atomic mass is 10.2. The van der Waals surface area contributed by atoms with Crippen molar-refractivity contribution in [2.24, 2.45) is 10.2 Å². The average molecular weight is 518 g/mol. The predicted octanol–water partition coefficient (Wildman–Crippen LogP) is 3.56. The SMILES string of the molecule is O=C(NN=Cc1cccc(I)c1)N/N=C/c1cccc(I)c1. The first-order chi connectivity index (χ1) is 10.6. The fourth-order valence-corrected chi connectivity index (χ4v) is 2.66. The van der Waals surface area contributed by atoms with Gasteiger partial charge in [-0.3, -0.25) is 0 Å². The summed E-state index contributed by atoms with van der Waals surface area (Å²) in [5.41, 5.74) is 6.52. The first-order valence-corrected chi connectivity index (χ1v) is 8.42. The number of hydrogen-bond donors (Lipinski definition) is 2. The minimum Gasteiger partial charge on any atom is -0.245 e. The Labute approximate surface area is 155 Å². The van der Waals surface area contributed by atoms with Crippen molar-refractivity contribution >= 4 is 63.6 Å². The summed E-state index contributed by atoms with van der Waals surface area (Å²) in [6.45, 7) is 0. The molecule has 112 valence electrons. The molecule has 22 heavy (non-hydrogen) atoms. The van der Waals surface area contributed by atoms with Gasteiger partial charge in [0.05, 0.1) is 12.4 Å². The van der Waals surface area contributed by atoms with Crippen LogP contribution in [0.3, 0.4) is 0 Å². The van der Waals surface area contributed by atoms with E-state index in [9.17, 15) is 4.79 Å². The van der Waals surface area contributed by atoms with Crippen LogP contribution in [0, 0.1) is 7.14 Å². The molecule has 5 nitrogen and oxygen atoms in total. The van der Waals surface area contributed by atoms with Crippen LogP contribution in [-0.2, 0) is 0 Å². The molecule has 2 N–H and O–H groups in total. The molecular weight excluding hydrogens is 506 g/mol. The Bertz CT molecular complexity index is 657. The Morgan fingerprint density at radius 1 is 0.864 bits per heavy atom. The topological polar surface area (TPSA) is 65.8 Å². The molecule has 2 aromatic carbocycles. The summed E-state index contributed by atoms with van der Waals surface area (Å²) in [7, 11) is 0. The maximum atomic E-state index is 11.5. The number of urea groups is 1. The summed E-state index contributed by atoms with van der Waals surface area (Å²) in [4.78, 5) is 11.5. The quantitative estimate of drug-likeness (QED) is 0.363. The number of halogens is 2. The van der Waals surface area contributed by atoms with Gasteiger partial charge in [0.25, 0.3) is 0 Å². The van der Waals surface area contributed by atoms with Crippen LogP contribution in [0.4, 0.5) is 4.79 Å². The van der Waals surface area contributed by atoms with E-state index < -0.39 is 6.03 Å². The molecule has 0 fully saturated rings. The van der Waals surface area contributed by atoms with Crippen molar-refractivity contribution < 1.29 is 4.79 Å². The Morgan fingerprint density at radius 2 is 1.32 bits per heavy atom. The first-order valence-electron chi connectivity index (χ1n) is 6.27. The Kier molecular flexibility index (Phi) is 6.77. The third-order valence-electron chi connectivity index (χ3n) is 2.46. The van der Waals surface area contributed by atoms with Crippen LogP contribution in [-0.4, -0.2) is 18.5 Å². The van der Waals surface area contributed by atoms with Gasteiger partial charge >= 0.3 is 6.03 Å². The van der Waals surface area contributed by atoms with Gasteiger partial charge in [-0.25, -0.2) is 15.6 Å². The minimum atomic E-state index is -0.497. The molecule has 0 bridgehead atoms. The number of benzene rings is 2. The molecule has 2 amide bonds. The fraction of sp³-hybridized carbons (Fsp3) is 0. The van der Waals surface area contributed by atoms with Crippen LogP contribution in [0.5, 0.6) is 0 Å². The van der Waals surface area contributed by atoms with Gasteiger partial charge in [-0.1, -0.05) is 24.3 Å². The second-order valence-corrected chi connectivity index (χ2v) is 6.67.